The summed E-state index contributed by atoms with van der Waals surface area (Å²) in [5.74, 6) is 0.0935. The number of fused-ring (bicyclic) bond motifs is 1. The summed E-state index contributed by atoms with van der Waals surface area (Å²) in [5, 5.41) is 2.83. The molecule has 15 heavy (non-hydrogen) atoms. The van der Waals surface area contributed by atoms with Crippen LogP contribution < -0.4 is 5.32 Å². The zero-order valence-electron chi connectivity index (χ0n) is 8.59. The van der Waals surface area contributed by atoms with Gasteiger partial charge in [0.15, 0.2) is 0 Å². The number of benzene rings is 1. The molecule has 2 rings (SSSR count). The molecule has 1 amide bonds. The molecule has 0 radical (unpaired) electrons. The molecule has 1 aromatic carbocycles. The van der Waals surface area contributed by atoms with Gasteiger partial charge in [-0.15, -0.1) is 0 Å². The quantitative estimate of drug-likeness (QED) is 0.672. The first-order valence-electron chi connectivity index (χ1n) is 4.85. The van der Waals surface area contributed by atoms with E-state index in [9.17, 15) is 4.79 Å². The largest absolute Gasteiger partial charge is 0.326 e. The predicted octanol–water partition coefficient (Wildman–Crippen LogP) is 1.97. The Morgan fingerprint density at radius 2 is 2.33 bits per heavy atom. The molecule has 1 aliphatic heterocycles. The maximum absolute atomic E-state index is 11.2. The molecule has 1 aromatic rings. The minimum Gasteiger partial charge on any atom is -0.326 e. The fourth-order valence-corrected chi connectivity index (χ4v) is 1.91. The van der Waals surface area contributed by atoms with Gasteiger partial charge in [-0.2, -0.15) is 0 Å². The zero-order chi connectivity index (χ0) is 10.8. The standard InChI is InChI=1S/C11H13BrN2O/c1-14(7-12)6-8-2-3-10-9(4-8)5-11(15)13-10/h2-4H,5-7H2,1H3,(H,13,15). The second-order valence-electron chi connectivity index (χ2n) is 3.85. The van der Waals surface area contributed by atoms with Gasteiger partial charge in [-0.25, -0.2) is 0 Å². The smallest absolute Gasteiger partial charge is 0.228 e. The van der Waals surface area contributed by atoms with Gasteiger partial charge in [-0.05, 0) is 24.2 Å². The number of anilines is 1. The van der Waals surface area contributed by atoms with Crippen LogP contribution >= 0.6 is 15.9 Å². The van der Waals surface area contributed by atoms with Crippen molar-refractivity contribution < 1.29 is 4.79 Å². The van der Waals surface area contributed by atoms with E-state index in [0.717, 1.165) is 23.2 Å². The van der Waals surface area contributed by atoms with Crippen LogP contribution in [0.3, 0.4) is 0 Å². The molecule has 3 nitrogen and oxygen atoms in total. The summed E-state index contributed by atoms with van der Waals surface area (Å²) < 4.78 is 0. The monoisotopic (exact) mass is 268 g/mol. The highest BCUT2D eigenvalue weighted by Gasteiger charge is 2.17. The maximum atomic E-state index is 11.2. The van der Waals surface area contributed by atoms with Crippen LogP contribution in [0.2, 0.25) is 0 Å². The Morgan fingerprint density at radius 1 is 1.53 bits per heavy atom. The second kappa shape index (κ2) is 4.33. The lowest BCUT2D eigenvalue weighted by Crippen LogP contribution is -2.15. The first-order valence-corrected chi connectivity index (χ1v) is 5.97. The molecule has 0 unspecified atom stereocenters. The Hall–Kier alpha value is -0.870. The number of alkyl halides is 1. The normalized spacial score (nSPS) is 14.2. The summed E-state index contributed by atoms with van der Waals surface area (Å²) in [5.41, 5.74) is 4.17. The minimum atomic E-state index is 0.0935. The number of hydrogen-bond acceptors (Lipinski definition) is 2. The van der Waals surface area contributed by atoms with Gasteiger partial charge in [0.2, 0.25) is 5.91 Å². The summed E-state index contributed by atoms with van der Waals surface area (Å²) in [7, 11) is 2.05. The summed E-state index contributed by atoms with van der Waals surface area (Å²) >= 11 is 3.40. The third kappa shape index (κ3) is 2.38. The lowest BCUT2D eigenvalue weighted by molar-refractivity contribution is -0.115. The number of hydrogen-bond donors (Lipinski definition) is 1. The summed E-state index contributed by atoms with van der Waals surface area (Å²) in [6.45, 7) is 0.896. The molecule has 0 atom stereocenters. The van der Waals surface area contributed by atoms with Crippen LogP contribution in [0.1, 0.15) is 11.1 Å². The molecule has 0 saturated carbocycles. The number of nitrogens with one attached hydrogen (secondary N) is 1. The number of amides is 1. The highest BCUT2D eigenvalue weighted by molar-refractivity contribution is 9.09. The van der Waals surface area contributed by atoms with Gasteiger partial charge in [-0.1, -0.05) is 28.1 Å². The average Bonchev–Trinajstić information content (AvgIpc) is 2.57. The van der Waals surface area contributed by atoms with E-state index in [0.29, 0.717) is 6.42 Å². The third-order valence-electron chi connectivity index (χ3n) is 2.45. The molecule has 0 saturated heterocycles. The van der Waals surface area contributed by atoms with Crippen molar-refractivity contribution in [3.8, 4) is 0 Å². The van der Waals surface area contributed by atoms with Gasteiger partial charge in [0.05, 0.1) is 11.9 Å². The molecular weight excluding hydrogens is 256 g/mol. The predicted molar refractivity (Wildman–Crippen MR) is 64.0 cm³/mol. The molecule has 0 bridgehead atoms. The Labute approximate surface area is 97.6 Å². The Balaban J connectivity index is 2.16. The van der Waals surface area contributed by atoms with E-state index < -0.39 is 0 Å². The molecular formula is C11H13BrN2O. The van der Waals surface area contributed by atoms with Crippen molar-refractivity contribution in [1.29, 1.82) is 0 Å². The van der Waals surface area contributed by atoms with Crippen molar-refractivity contribution in [2.45, 2.75) is 13.0 Å². The van der Waals surface area contributed by atoms with Crippen LogP contribution in [0.25, 0.3) is 0 Å². The SMILES string of the molecule is CN(CBr)Cc1ccc2c(c1)CC(=O)N2. The molecule has 0 spiro atoms. The number of carbonyl (C=O) groups is 1. The minimum absolute atomic E-state index is 0.0935. The maximum Gasteiger partial charge on any atom is 0.228 e. The second-order valence-corrected chi connectivity index (χ2v) is 4.35. The van der Waals surface area contributed by atoms with Crippen molar-refractivity contribution in [2.24, 2.45) is 0 Å². The van der Waals surface area contributed by atoms with Gasteiger partial charge in [0.25, 0.3) is 0 Å². The first kappa shape index (κ1) is 10.6. The Morgan fingerprint density at radius 3 is 3.07 bits per heavy atom. The van der Waals surface area contributed by atoms with Gasteiger partial charge in [-0.3, -0.25) is 9.69 Å². The highest BCUT2D eigenvalue weighted by atomic mass is 79.9. The molecule has 1 heterocycles. The topological polar surface area (TPSA) is 32.3 Å². The molecule has 80 valence electrons. The van der Waals surface area contributed by atoms with Crippen LogP contribution in [0.15, 0.2) is 18.2 Å². The number of rotatable bonds is 3. The third-order valence-corrected chi connectivity index (χ3v) is 3.31. The average molecular weight is 269 g/mol. The van der Waals surface area contributed by atoms with Gasteiger partial charge >= 0.3 is 0 Å². The summed E-state index contributed by atoms with van der Waals surface area (Å²) in [6.07, 6.45) is 0.515. The molecule has 0 aliphatic carbocycles. The van der Waals surface area contributed by atoms with E-state index in [-0.39, 0.29) is 5.91 Å². The number of nitrogens with zero attached hydrogens (tertiary/aromatic N) is 1. The van der Waals surface area contributed by atoms with E-state index >= 15 is 0 Å². The van der Waals surface area contributed by atoms with Gasteiger partial charge in [0.1, 0.15) is 0 Å². The van der Waals surface area contributed by atoms with Crippen molar-refractivity contribution in [3.63, 3.8) is 0 Å². The fourth-order valence-electron chi connectivity index (χ4n) is 1.73. The highest BCUT2D eigenvalue weighted by Crippen LogP contribution is 2.24. The van der Waals surface area contributed by atoms with Crippen LogP contribution in [0, 0.1) is 0 Å². The van der Waals surface area contributed by atoms with Crippen LogP contribution in [-0.4, -0.2) is 23.3 Å². The van der Waals surface area contributed by atoms with Crippen molar-refractivity contribution in [3.05, 3.63) is 29.3 Å². The van der Waals surface area contributed by atoms with Crippen molar-refractivity contribution in [2.75, 3.05) is 17.8 Å². The van der Waals surface area contributed by atoms with Gasteiger partial charge in [0, 0.05) is 12.2 Å². The lowest BCUT2D eigenvalue weighted by atomic mass is 10.1. The number of halogens is 1. The fraction of sp³-hybridized carbons (Fsp3) is 0.364. The van der Waals surface area contributed by atoms with Crippen LogP contribution in [0.4, 0.5) is 5.69 Å². The van der Waals surface area contributed by atoms with E-state index in [2.05, 4.69) is 38.3 Å². The zero-order valence-corrected chi connectivity index (χ0v) is 10.2. The number of carbonyl (C=O) groups excluding carboxylic acids is 1. The van der Waals surface area contributed by atoms with Gasteiger partial charge < -0.3 is 5.32 Å². The Kier molecular flexibility index (Phi) is 3.07. The molecule has 4 heteroatoms. The Bertz CT molecular complexity index is 392. The van der Waals surface area contributed by atoms with E-state index in [4.69, 9.17) is 0 Å². The summed E-state index contributed by atoms with van der Waals surface area (Å²) in [6, 6.07) is 6.15. The molecule has 1 N–H and O–H groups in total. The molecule has 1 aliphatic rings. The van der Waals surface area contributed by atoms with E-state index in [1.54, 1.807) is 0 Å². The van der Waals surface area contributed by atoms with Crippen molar-refractivity contribution in [1.82, 2.24) is 4.90 Å². The van der Waals surface area contributed by atoms with Crippen LogP contribution in [0.5, 0.6) is 0 Å². The molecule has 0 fully saturated rings. The van der Waals surface area contributed by atoms with Crippen LogP contribution in [-0.2, 0) is 17.8 Å². The summed E-state index contributed by atoms with van der Waals surface area (Å²) in [4.78, 5) is 13.3. The van der Waals surface area contributed by atoms with Crippen molar-refractivity contribution >= 4 is 27.5 Å². The van der Waals surface area contributed by atoms with E-state index in [1.165, 1.54) is 5.56 Å². The molecule has 0 aromatic heterocycles. The van der Waals surface area contributed by atoms with E-state index in [1.807, 2.05) is 13.1 Å². The first-order chi connectivity index (χ1) is 7.19. The lowest BCUT2D eigenvalue weighted by Gasteiger charge is -2.13.